The SMILES string of the molecule is CCCCCCCc1cccc(C(=O)O)c1O.CCCCCCCc1cccc(C(=O)[O-])c1[O-].[Ca+2]. The molecule has 2 aromatic rings. The van der Waals surface area contributed by atoms with E-state index in [0.29, 0.717) is 12.0 Å². The number of carbonyl (C=O) groups is 2. The fraction of sp³-hybridized carbons (Fsp3) is 0.500. The van der Waals surface area contributed by atoms with Crippen LogP contribution in [0.1, 0.15) is 110 Å². The zero-order valence-corrected chi connectivity index (χ0v) is 23.4. The summed E-state index contributed by atoms with van der Waals surface area (Å²) >= 11 is 0. The van der Waals surface area contributed by atoms with Crippen LogP contribution in [0.5, 0.6) is 11.5 Å². The van der Waals surface area contributed by atoms with Crippen LogP contribution in [0.25, 0.3) is 0 Å². The molecule has 0 aliphatic rings. The Balaban J connectivity index is 0.000000642. The normalized spacial score (nSPS) is 10.1. The Kier molecular flexibility index (Phi) is 18.5. The van der Waals surface area contributed by atoms with Crippen LogP contribution in [0.2, 0.25) is 0 Å². The Morgan fingerprint density at radius 1 is 0.743 bits per heavy atom. The fourth-order valence-corrected chi connectivity index (χ4v) is 3.75. The number of carboxylic acids is 2. The number of rotatable bonds is 14. The van der Waals surface area contributed by atoms with Gasteiger partial charge in [-0.1, -0.05) is 107 Å². The number of carboxylic acid groups (broad SMARTS) is 2. The van der Waals surface area contributed by atoms with E-state index < -0.39 is 11.9 Å². The van der Waals surface area contributed by atoms with Gasteiger partial charge in [0.1, 0.15) is 11.3 Å². The number of unbranched alkanes of at least 4 members (excludes halogenated alkanes) is 8. The molecule has 0 aliphatic heterocycles. The Labute approximate surface area is 239 Å². The van der Waals surface area contributed by atoms with E-state index >= 15 is 0 Å². The van der Waals surface area contributed by atoms with E-state index in [4.69, 9.17) is 5.11 Å². The largest absolute Gasteiger partial charge is 2.00 e. The van der Waals surface area contributed by atoms with Crippen molar-refractivity contribution in [3.63, 3.8) is 0 Å². The number of aromatic carboxylic acids is 2. The molecular weight excluding hydrogens is 472 g/mol. The third kappa shape index (κ3) is 12.7. The summed E-state index contributed by atoms with van der Waals surface area (Å²) in [4.78, 5) is 21.5. The summed E-state index contributed by atoms with van der Waals surface area (Å²) in [5.74, 6) is -2.92. The number of carbonyl (C=O) groups excluding carboxylic acids is 1. The van der Waals surface area contributed by atoms with Gasteiger partial charge in [-0.15, -0.1) is 0 Å². The van der Waals surface area contributed by atoms with E-state index in [1.54, 1.807) is 24.3 Å². The second-order valence-corrected chi connectivity index (χ2v) is 8.53. The predicted octanol–water partition coefficient (Wildman–Crippen LogP) is 4.86. The molecule has 0 spiro atoms. The number of para-hydroxylation sites is 2. The maximum absolute atomic E-state index is 11.7. The molecule has 0 atom stereocenters. The van der Waals surface area contributed by atoms with Crippen molar-refractivity contribution in [1.29, 1.82) is 0 Å². The molecule has 0 unspecified atom stereocenters. The van der Waals surface area contributed by atoms with Crippen molar-refractivity contribution >= 4 is 49.7 Å². The van der Waals surface area contributed by atoms with Gasteiger partial charge in [0.05, 0.1) is 5.97 Å². The molecular formula is C28H38CaO6. The van der Waals surface area contributed by atoms with Crippen molar-refractivity contribution in [1.82, 2.24) is 0 Å². The number of aromatic hydroxyl groups is 1. The van der Waals surface area contributed by atoms with Crippen molar-refractivity contribution in [2.75, 3.05) is 0 Å². The van der Waals surface area contributed by atoms with Crippen LogP contribution in [0.3, 0.4) is 0 Å². The first-order chi connectivity index (χ1) is 16.3. The van der Waals surface area contributed by atoms with Crippen molar-refractivity contribution in [3.05, 3.63) is 58.7 Å². The van der Waals surface area contributed by atoms with Gasteiger partial charge in [0, 0.05) is 0 Å². The Morgan fingerprint density at radius 3 is 1.69 bits per heavy atom. The van der Waals surface area contributed by atoms with Gasteiger partial charge in [-0.25, -0.2) is 4.79 Å². The smallest absolute Gasteiger partial charge is 0.872 e. The van der Waals surface area contributed by atoms with Crippen LogP contribution in [0, 0.1) is 0 Å². The molecule has 2 rings (SSSR count). The summed E-state index contributed by atoms with van der Waals surface area (Å²) < 4.78 is 0. The monoisotopic (exact) mass is 510 g/mol. The van der Waals surface area contributed by atoms with E-state index in [1.165, 1.54) is 50.7 Å². The van der Waals surface area contributed by atoms with Crippen LogP contribution in [-0.2, 0) is 12.8 Å². The van der Waals surface area contributed by atoms with E-state index in [9.17, 15) is 24.9 Å². The molecule has 0 heterocycles. The summed E-state index contributed by atoms with van der Waals surface area (Å²) in [6.45, 7) is 4.32. The summed E-state index contributed by atoms with van der Waals surface area (Å²) in [6, 6.07) is 9.52. The second-order valence-electron chi connectivity index (χ2n) is 8.53. The number of hydrogen-bond acceptors (Lipinski definition) is 5. The molecule has 0 amide bonds. The van der Waals surface area contributed by atoms with Crippen LogP contribution in [0.15, 0.2) is 36.4 Å². The van der Waals surface area contributed by atoms with Gasteiger partial charge < -0.3 is 25.2 Å². The van der Waals surface area contributed by atoms with Crippen LogP contribution < -0.4 is 10.2 Å². The Hall–Kier alpha value is -1.76. The van der Waals surface area contributed by atoms with Crippen molar-refractivity contribution in [2.24, 2.45) is 0 Å². The molecule has 0 saturated heterocycles. The van der Waals surface area contributed by atoms with Gasteiger partial charge >= 0.3 is 43.7 Å². The molecule has 0 radical (unpaired) electrons. The summed E-state index contributed by atoms with van der Waals surface area (Å²) in [5.41, 5.74) is 1.09. The number of benzene rings is 2. The van der Waals surface area contributed by atoms with E-state index in [2.05, 4.69) is 13.8 Å². The summed E-state index contributed by atoms with van der Waals surface area (Å²) in [5, 5.41) is 41.0. The molecule has 6 nitrogen and oxygen atoms in total. The molecule has 0 aliphatic carbocycles. The van der Waals surface area contributed by atoms with E-state index in [-0.39, 0.29) is 60.4 Å². The van der Waals surface area contributed by atoms with Gasteiger partial charge in [0.2, 0.25) is 0 Å². The van der Waals surface area contributed by atoms with Crippen LogP contribution in [-0.4, -0.2) is 59.9 Å². The third-order valence-corrected chi connectivity index (χ3v) is 5.77. The molecule has 0 fully saturated rings. The second kappa shape index (κ2) is 19.4. The average Bonchev–Trinajstić information content (AvgIpc) is 2.81. The molecule has 2 aromatic carbocycles. The third-order valence-electron chi connectivity index (χ3n) is 5.77. The first kappa shape index (κ1) is 33.2. The first-order valence-corrected chi connectivity index (χ1v) is 12.4. The van der Waals surface area contributed by atoms with E-state index in [0.717, 1.165) is 37.7 Å². The topological polar surface area (TPSA) is 121 Å². The van der Waals surface area contributed by atoms with Gasteiger partial charge in [0.15, 0.2) is 0 Å². The maximum atomic E-state index is 11.7. The summed E-state index contributed by atoms with van der Waals surface area (Å²) in [6.07, 6.45) is 12.8. The fourth-order valence-electron chi connectivity index (χ4n) is 3.75. The molecule has 0 bridgehead atoms. The predicted molar refractivity (Wildman–Crippen MR) is 136 cm³/mol. The zero-order valence-electron chi connectivity index (χ0n) is 21.2. The minimum atomic E-state index is -1.39. The Bertz CT molecular complexity index is 824. The molecule has 35 heavy (non-hydrogen) atoms. The first-order valence-electron chi connectivity index (χ1n) is 12.4. The quantitative estimate of drug-likeness (QED) is 0.277. The van der Waals surface area contributed by atoms with Crippen molar-refractivity contribution < 1.29 is 30.0 Å². The average molecular weight is 511 g/mol. The minimum Gasteiger partial charge on any atom is -0.872 e. The van der Waals surface area contributed by atoms with Crippen LogP contribution in [0.4, 0.5) is 0 Å². The number of hydrogen-bond donors (Lipinski definition) is 2. The molecule has 188 valence electrons. The summed E-state index contributed by atoms with van der Waals surface area (Å²) in [7, 11) is 0. The van der Waals surface area contributed by atoms with Gasteiger partial charge in [-0.2, -0.15) is 0 Å². The van der Waals surface area contributed by atoms with Gasteiger partial charge in [-0.05, 0) is 42.9 Å². The molecule has 2 N–H and O–H groups in total. The minimum absolute atomic E-state index is 0. The van der Waals surface area contributed by atoms with Crippen LogP contribution >= 0.6 is 0 Å². The van der Waals surface area contributed by atoms with Crippen molar-refractivity contribution in [2.45, 2.75) is 90.9 Å². The zero-order chi connectivity index (χ0) is 25.3. The molecule has 0 saturated carbocycles. The molecule has 0 aromatic heterocycles. The van der Waals surface area contributed by atoms with E-state index in [1.807, 2.05) is 0 Å². The van der Waals surface area contributed by atoms with Crippen molar-refractivity contribution in [3.8, 4) is 11.5 Å². The number of aryl methyl sites for hydroxylation is 2. The maximum Gasteiger partial charge on any atom is 2.00 e. The van der Waals surface area contributed by atoms with Gasteiger partial charge in [-0.3, -0.25) is 0 Å². The van der Waals surface area contributed by atoms with Gasteiger partial charge in [0.25, 0.3) is 0 Å². The Morgan fingerprint density at radius 2 is 1.20 bits per heavy atom. The molecule has 7 heteroatoms. The standard InChI is InChI=1S/2C14H20O3.Ca/c2*1-2-3-4-5-6-8-11-9-7-10-12(13(11)15)14(16)17;/h2*7,9-10,15H,2-6,8H2,1H3,(H,16,17);/q;;+2/p-2. The number of phenols is 1.